The van der Waals surface area contributed by atoms with Gasteiger partial charge >= 0.3 is 0 Å². The molecule has 0 saturated heterocycles. The fourth-order valence-electron chi connectivity index (χ4n) is 3.08. The van der Waals surface area contributed by atoms with Gasteiger partial charge in [0.2, 0.25) is 10.0 Å². The van der Waals surface area contributed by atoms with Gasteiger partial charge in [0.15, 0.2) is 0 Å². The first-order valence-electron chi connectivity index (χ1n) is 9.12. The zero-order valence-corrected chi connectivity index (χ0v) is 18.7. The minimum absolute atomic E-state index is 0.177. The Balaban J connectivity index is 1.63. The van der Waals surface area contributed by atoms with Crippen LogP contribution < -0.4 is 4.72 Å². The van der Waals surface area contributed by atoms with E-state index < -0.39 is 10.0 Å². The summed E-state index contributed by atoms with van der Waals surface area (Å²) in [5, 5.41) is 3.33. The minimum atomic E-state index is -3.69. The second-order valence-corrected chi connectivity index (χ2v) is 9.80. The van der Waals surface area contributed by atoms with Crippen molar-refractivity contribution < 1.29 is 8.42 Å². The minimum Gasteiger partial charge on any atom is -0.345 e. The Morgan fingerprint density at radius 1 is 1.20 bits per heavy atom. The van der Waals surface area contributed by atoms with E-state index in [0.29, 0.717) is 10.7 Å². The summed E-state index contributed by atoms with van der Waals surface area (Å²) in [6.45, 7) is 1.96. The molecule has 6 nitrogen and oxygen atoms in total. The molecule has 0 unspecified atom stereocenters. The summed E-state index contributed by atoms with van der Waals surface area (Å²) in [5.41, 5.74) is 3.90. The maximum atomic E-state index is 12.9. The number of aromatic nitrogens is 3. The van der Waals surface area contributed by atoms with Crippen LogP contribution in [-0.4, -0.2) is 23.0 Å². The van der Waals surface area contributed by atoms with Crippen LogP contribution >= 0.6 is 22.9 Å². The monoisotopic (exact) mass is 458 g/mol. The van der Waals surface area contributed by atoms with Crippen LogP contribution in [0.1, 0.15) is 11.3 Å². The molecule has 3 heterocycles. The predicted molar refractivity (Wildman–Crippen MR) is 120 cm³/mol. The van der Waals surface area contributed by atoms with Crippen molar-refractivity contribution in [1.82, 2.24) is 19.3 Å². The molecular weight excluding hydrogens is 440 g/mol. The zero-order valence-electron chi connectivity index (χ0n) is 16.3. The van der Waals surface area contributed by atoms with E-state index in [1.54, 1.807) is 31.5 Å². The molecule has 1 aromatic carbocycles. The lowest BCUT2D eigenvalue weighted by Crippen LogP contribution is -2.23. The average Bonchev–Trinajstić information content (AvgIpc) is 3.33. The van der Waals surface area contributed by atoms with Crippen molar-refractivity contribution in [2.24, 2.45) is 7.05 Å². The molecule has 9 heteroatoms. The molecule has 1 N–H and O–H groups in total. The fourth-order valence-corrected chi connectivity index (χ4v) is 5.45. The Labute approximate surface area is 184 Å². The molecule has 0 spiro atoms. The van der Waals surface area contributed by atoms with Crippen molar-refractivity contribution in [1.29, 1.82) is 0 Å². The molecule has 4 aromatic rings. The number of hydrogen-bond acceptors (Lipinski definition) is 5. The molecule has 0 aliphatic rings. The Bertz CT molecular complexity index is 1300. The van der Waals surface area contributed by atoms with Crippen molar-refractivity contribution in [2.75, 3.05) is 0 Å². The smallest absolute Gasteiger partial charge is 0.242 e. The van der Waals surface area contributed by atoms with E-state index in [4.69, 9.17) is 16.6 Å². The number of hydrogen-bond donors (Lipinski definition) is 1. The number of nitrogens with zero attached hydrogens (tertiary/aromatic N) is 3. The van der Waals surface area contributed by atoms with Gasteiger partial charge in [0.25, 0.3) is 0 Å². The quantitative estimate of drug-likeness (QED) is 0.456. The largest absolute Gasteiger partial charge is 0.345 e. The van der Waals surface area contributed by atoms with Crippen LogP contribution in [-0.2, 0) is 23.6 Å². The van der Waals surface area contributed by atoms with E-state index in [9.17, 15) is 8.42 Å². The van der Waals surface area contributed by atoms with Gasteiger partial charge in [0, 0.05) is 47.6 Å². The molecule has 0 aliphatic heterocycles. The van der Waals surface area contributed by atoms with Crippen LogP contribution in [0.2, 0.25) is 5.02 Å². The summed E-state index contributed by atoms with van der Waals surface area (Å²) in [7, 11) is -1.85. The molecule has 3 aromatic heterocycles. The van der Waals surface area contributed by atoms with E-state index in [0.717, 1.165) is 27.5 Å². The van der Waals surface area contributed by atoms with Crippen LogP contribution in [0.25, 0.3) is 22.0 Å². The number of sulfonamides is 1. The van der Waals surface area contributed by atoms with E-state index in [1.165, 1.54) is 11.3 Å². The molecule has 0 radical (unpaired) electrons. The highest BCUT2D eigenvalue weighted by Gasteiger charge is 2.23. The molecule has 0 fully saturated rings. The molecule has 30 heavy (non-hydrogen) atoms. The highest BCUT2D eigenvalue weighted by molar-refractivity contribution is 7.89. The van der Waals surface area contributed by atoms with Gasteiger partial charge in [-0.1, -0.05) is 29.8 Å². The van der Waals surface area contributed by atoms with E-state index in [2.05, 4.69) is 9.71 Å². The standard InChI is InChI=1S/C21H19ClN4O2S2/c1-14-20(30(27,28)24-12-15-5-4-8-23-11-15)10-19(26(14)2)21-25-18(13-29-21)16-6-3-7-17(22)9-16/h3-11,13,24H,12H2,1-2H3. The van der Waals surface area contributed by atoms with Gasteiger partial charge in [-0.2, -0.15) is 0 Å². The molecule has 4 rings (SSSR count). The maximum absolute atomic E-state index is 12.9. The predicted octanol–water partition coefficient (Wildman–Crippen LogP) is 4.65. The van der Waals surface area contributed by atoms with Crippen molar-refractivity contribution >= 4 is 33.0 Å². The molecule has 0 amide bonds. The SMILES string of the molecule is Cc1c(S(=O)(=O)NCc2cccnc2)cc(-c2nc(-c3cccc(Cl)c3)cs2)n1C. The number of pyridine rings is 1. The van der Waals surface area contributed by atoms with Gasteiger partial charge in [-0.05, 0) is 36.8 Å². The molecule has 0 saturated carbocycles. The molecule has 0 aliphatic carbocycles. The second-order valence-electron chi connectivity index (χ2n) is 6.77. The Kier molecular flexibility index (Phi) is 5.75. The lowest BCUT2D eigenvalue weighted by atomic mass is 10.2. The first-order chi connectivity index (χ1) is 14.3. The lowest BCUT2D eigenvalue weighted by Gasteiger charge is -2.07. The average molecular weight is 459 g/mol. The summed E-state index contributed by atoms with van der Waals surface area (Å²) >= 11 is 7.55. The van der Waals surface area contributed by atoms with Gasteiger partial charge in [-0.25, -0.2) is 18.1 Å². The van der Waals surface area contributed by atoms with Crippen LogP contribution in [0.4, 0.5) is 0 Å². The number of thiazole rings is 1. The lowest BCUT2D eigenvalue weighted by molar-refractivity contribution is 0.580. The first kappa shape index (κ1) is 20.7. The summed E-state index contributed by atoms with van der Waals surface area (Å²) in [5.74, 6) is 0. The molecular formula is C21H19ClN4O2S2. The molecule has 0 bridgehead atoms. The van der Waals surface area contributed by atoms with Gasteiger partial charge in [0.05, 0.1) is 11.4 Å². The van der Waals surface area contributed by atoms with Gasteiger partial charge in [0.1, 0.15) is 9.90 Å². The maximum Gasteiger partial charge on any atom is 0.242 e. The summed E-state index contributed by atoms with van der Waals surface area (Å²) in [4.78, 5) is 8.95. The second kappa shape index (κ2) is 8.31. The van der Waals surface area contributed by atoms with Crippen molar-refractivity contribution in [3.05, 3.63) is 76.5 Å². The van der Waals surface area contributed by atoms with Gasteiger partial charge < -0.3 is 4.57 Å². The van der Waals surface area contributed by atoms with E-state index >= 15 is 0 Å². The highest BCUT2D eigenvalue weighted by Crippen LogP contribution is 2.33. The van der Waals surface area contributed by atoms with Crippen molar-refractivity contribution in [3.63, 3.8) is 0 Å². The van der Waals surface area contributed by atoms with E-state index in [1.807, 2.05) is 47.3 Å². The van der Waals surface area contributed by atoms with Crippen LogP contribution in [0.3, 0.4) is 0 Å². The number of benzene rings is 1. The molecule has 154 valence electrons. The van der Waals surface area contributed by atoms with Crippen molar-refractivity contribution in [2.45, 2.75) is 18.4 Å². The van der Waals surface area contributed by atoms with E-state index in [-0.39, 0.29) is 11.4 Å². The van der Waals surface area contributed by atoms with Crippen LogP contribution in [0, 0.1) is 6.92 Å². The Morgan fingerprint density at radius 3 is 2.77 bits per heavy atom. The van der Waals surface area contributed by atoms with Crippen LogP contribution in [0.15, 0.2) is 65.1 Å². The third kappa shape index (κ3) is 4.17. The highest BCUT2D eigenvalue weighted by atomic mass is 35.5. The Morgan fingerprint density at radius 2 is 2.03 bits per heavy atom. The van der Waals surface area contributed by atoms with Gasteiger partial charge in [-0.3, -0.25) is 4.98 Å². The molecule has 0 atom stereocenters. The van der Waals surface area contributed by atoms with Crippen molar-refractivity contribution in [3.8, 4) is 22.0 Å². The number of nitrogens with one attached hydrogen (secondary N) is 1. The first-order valence-corrected chi connectivity index (χ1v) is 11.9. The normalized spacial score (nSPS) is 11.7. The van der Waals surface area contributed by atoms with Gasteiger partial charge in [-0.15, -0.1) is 11.3 Å². The number of rotatable bonds is 6. The fraction of sp³-hybridized carbons (Fsp3) is 0.143. The zero-order chi connectivity index (χ0) is 21.3. The van der Waals surface area contributed by atoms with Crippen LogP contribution in [0.5, 0.6) is 0 Å². The summed E-state index contributed by atoms with van der Waals surface area (Å²) in [6, 6.07) is 12.8. The third-order valence-corrected chi connectivity index (χ3v) is 7.43. The summed E-state index contributed by atoms with van der Waals surface area (Å²) < 4.78 is 30.3. The summed E-state index contributed by atoms with van der Waals surface area (Å²) in [6.07, 6.45) is 3.29. The third-order valence-electron chi connectivity index (χ3n) is 4.81. The number of halogens is 1. The Hall–Kier alpha value is -2.52. The topological polar surface area (TPSA) is 76.9 Å².